The lowest BCUT2D eigenvalue weighted by Gasteiger charge is -2.32. The van der Waals surface area contributed by atoms with Crippen molar-refractivity contribution in [3.63, 3.8) is 0 Å². The van der Waals surface area contributed by atoms with Gasteiger partial charge in [-0.05, 0) is 24.4 Å². The molecule has 0 unspecified atom stereocenters. The van der Waals surface area contributed by atoms with Crippen molar-refractivity contribution in [3.05, 3.63) is 46.3 Å². The van der Waals surface area contributed by atoms with Gasteiger partial charge in [-0.2, -0.15) is 0 Å². The van der Waals surface area contributed by atoms with E-state index in [0.717, 1.165) is 5.56 Å². The summed E-state index contributed by atoms with van der Waals surface area (Å²) in [6.45, 7) is 2.43. The van der Waals surface area contributed by atoms with Gasteiger partial charge >= 0.3 is 0 Å². The third-order valence-electron chi connectivity index (χ3n) is 3.63. The van der Waals surface area contributed by atoms with Crippen LogP contribution in [-0.4, -0.2) is 37.0 Å². The van der Waals surface area contributed by atoms with Crippen LogP contribution in [0.15, 0.2) is 35.4 Å². The molecule has 0 heterocycles. The number of nitrogens with zero attached hydrogens (tertiary/aromatic N) is 4. The first-order valence-corrected chi connectivity index (χ1v) is 7.48. The molecule has 1 aromatic carbocycles. The molecule has 0 aromatic heterocycles. The minimum Gasteiger partial charge on any atom is -0.359 e. The normalized spacial score (nSPS) is 12.6. The number of benzene rings is 1. The van der Waals surface area contributed by atoms with Crippen LogP contribution in [0.5, 0.6) is 0 Å². The van der Waals surface area contributed by atoms with Crippen molar-refractivity contribution >= 4 is 5.91 Å². The quantitative estimate of drug-likeness (QED) is 0.230. The van der Waals surface area contributed by atoms with Crippen molar-refractivity contribution in [2.24, 2.45) is 5.11 Å². The number of terminal acetylenes is 1. The summed E-state index contributed by atoms with van der Waals surface area (Å²) in [4.78, 5) is 16.6. The number of hydrogen-bond donors (Lipinski definition) is 0. The molecular formula is C17H22N4O2. The van der Waals surface area contributed by atoms with Gasteiger partial charge in [0.15, 0.2) is 0 Å². The average molecular weight is 314 g/mol. The molecule has 0 saturated carbocycles. The number of carbonyl (C=O) groups excluding carboxylic acids is 1. The molecule has 0 N–H and O–H groups in total. The Kier molecular flexibility index (Phi) is 8.30. The van der Waals surface area contributed by atoms with E-state index in [0.29, 0.717) is 19.4 Å². The largest absolute Gasteiger partial charge is 0.359 e. The Labute approximate surface area is 137 Å². The maximum Gasteiger partial charge on any atom is 0.222 e. The SMILES string of the molecule is C#CCO[C@@H](c1ccccc1)[C@@H](C)N(C)C(=O)CCCN=[N+]=[N-]. The number of likely N-dealkylation sites (N-methyl/N-ethyl adjacent to an activating group) is 1. The predicted octanol–water partition coefficient (Wildman–Crippen LogP) is 3.31. The van der Waals surface area contributed by atoms with Gasteiger partial charge in [-0.1, -0.05) is 41.4 Å². The Morgan fingerprint density at radius 2 is 2.17 bits per heavy atom. The van der Waals surface area contributed by atoms with Crippen molar-refractivity contribution in [3.8, 4) is 12.3 Å². The van der Waals surface area contributed by atoms with Gasteiger partial charge in [0.2, 0.25) is 5.91 Å². The van der Waals surface area contributed by atoms with Crippen molar-refractivity contribution in [1.29, 1.82) is 0 Å². The van der Waals surface area contributed by atoms with Gasteiger partial charge in [-0.15, -0.1) is 6.42 Å². The summed E-state index contributed by atoms with van der Waals surface area (Å²) in [6, 6.07) is 9.52. The second-order valence-corrected chi connectivity index (χ2v) is 5.15. The molecule has 0 bridgehead atoms. The third-order valence-corrected chi connectivity index (χ3v) is 3.63. The summed E-state index contributed by atoms with van der Waals surface area (Å²) in [5, 5.41) is 3.43. The van der Waals surface area contributed by atoms with Crippen LogP contribution in [0.25, 0.3) is 10.4 Å². The molecule has 0 aliphatic carbocycles. The topological polar surface area (TPSA) is 78.3 Å². The summed E-state index contributed by atoms with van der Waals surface area (Å²) in [5.74, 6) is 2.45. The third kappa shape index (κ3) is 6.03. The molecule has 1 amide bonds. The molecule has 1 aromatic rings. The van der Waals surface area contributed by atoms with Crippen molar-refractivity contribution in [1.82, 2.24) is 4.90 Å². The van der Waals surface area contributed by atoms with Gasteiger partial charge in [0.05, 0.1) is 6.04 Å². The van der Waals surface area contributed by atoms with Crippen LogP contribution >= 0.6 is 0 Å². The highest BCUT2D eigenvalue weighted by atomic mass is 16.5. The fourth-order valence-corrected chi connectivity index (χ4v) is 2.25. The fraction of sp³-hybridized carbons (Fsp3) is 0.471. The first kappa shape index (κ1) is 18.6. The molecule has 2 atom stereocenters. The lowest BCUT2D eigenvalue weighted by atomic mass is 10.0. The smallest absolute Gasteiger partial charge is 0.222 e. The highest BCUT2D eigenvalue weighted by Crippen LogP contribution is 2.24. The highest BCUT2D eigenvalue weighted by molar-refractivity contribution is 5.76. The second-order valence-electron chi connectivity index (χ2n) is 5.15. The van der Waals surface area contributed by atoms with Crippen LogP contribution in [0.4, 0.5) is 0 Å². The summed E-state index contributed by atoms with van der Waals surface area (Å²) >= 11 is 0. The van der Waals surface area contributed by atoms with E-state index in [-0.39, 0.29) is 24.7 Å². The van der Waals surface area contributed by atoms with Crippen LogP contribution in [-0.2, 0) is 9.53 Å². The van der Waals surface area contributed by atoms with Gasteiger partial charge in [-0.25, -0.2) is 0 Å². The lowest BCUT2D eigenvalue weighted by Crippen LogP contribution is -2.40. The van der Waals surface area contributed by atoms with Crippen LogP contribution in [0, 0.1) is 12.3 Å². The van der Waals surface area contributed by atoms with E-state index in [2.05, 4.69) is 15.9 Å². The van der Waals surface area contributed by atoms with E-state index in [1.54, 1.807) is 11.9 Å². The maximum atomic E-state index is 12.3. The van der Waals surface area contributed by atoms with E-state index in [1.165, 1.54) is 0 Å². The van der Waals surface area contributed by atoms with E-state index in [1.807, 2.05) is 37.3 Å². The number of azide groups is 1. The van der Waals surface area contributed by atoms with Gasteiger partial charge < -0.3 is 9.64 Å². The Hall–Kier alpha value is -2.48. The molecule has 122 valence electrons. The van der Waals surface area contributed by atoms with Gasteiger partial charge in [-0.3, -0.25) is 4.79 Å². The minimum absolute atomic E-state index is 0.0177. The molecule has 0 aliphatic heterocycles. The van der Waals surface area contributed by atoms with Gasteiger partial charge in [0.1, 0.15) is 12.7 Å². The Morgan fingerprint density at radius 1 is 1.48 bits per heavy atom. The monoisotopic (exact) mass is 314 g/mol. The van der Waals surface area contributed by atoms with Crippen LogP contribution in [0.3, 0.4) is 0 Å². The lowest BCUT2D eigenvalue weighted by molar-refractivity contribution is -0.134. The molecule has 0 spiro atoms. The molecule has 0 radical (unpaired) electrons. The summed E-state index contributed by atoms with van der Waals surface area (Å²) in [5.41, 5.74) is 9.22. The number of carbonyl (C=O) groups is 1. The standard InChI is InChI=1S/C17H22N4O2/c1-4-13-23-17(15-9-6-5-7-10-15)14(2)21(3)16(22)11-8-12-19-20-18/h1,5-7,9-10,14,17H,8,11-13H2,2-3H3/t14-,17-/m1/s1. The van der Waals surface area contributed by atoms with Crippen LogP contribution in [0.2, 0.25) is 0 Å². The van der Waals surface area contributed by atoms with Gasteiger partial charge in [0, 0.05) is 24.9 Å². The molecule has 0 saturated heterocycles. The van der Waals surface area contributed by atoms with E-state index in [9.17, 15) is 4.79 Å². The Bertz CT molecular complexity index is 576. The maximum absolute atomic E-state index is 12.3. The molecule has 23 heavy (non-hydrogen) atoms. The van der Waals surface area contributed by atoms with E-state index < -0.39 is 0 Å². The summed E-state index contributed by atoms with van der Waals surface area (Å²) < 4.78 is 5.76. The average Bonchev–Trinajstić information content (AvgIpc) is 2.59. The van der Waals surface area contributed by atoms with Crippen molar-refractivity contribution in [2.45, 2.75) is 31.9 Å². The Morgan fingerprint density at radius 3 is 2.78 bits per heavy atom. The first-order valence-electron chi connectivity index (χ1n) is 7.48. The van der Waals surface area contributed by atoms with Crippen molar-refractivity contribution in [2.75, 3.05) is 20.2 Å². The zero-order chi connectivity index (χ0) is 17.1. The highest BCUT2D eigenvalue weighted by Gasteiger charge is 2.26. The molecule has 0 fully saturated rings. The van der Waals surface area contributed by atoms with Crippen LogP contribution in [0.1, 0.15) is 31.4 Å². The minimum atomic E-state index is -0.293. The number of rotatable bonds is 9. The summed E-state index contributed by atoms with van der Waals surface area (Å²) in [6.07, 6.45) is 5.86. The summed E-state index contributed by atoms with van der Waals surface area (Å²) in [7, 11) is 1.75. The molecule has 6 nitrogen and oxygen atoms in total. The molecule has 0 aliphatic rings. The molecular weight excluding hydrogens is 292 g/mol. The predicted molar refractivity (Wildman–Crippen MR) is 89.4 cm³/mol. The molecule has 1 rings (SSSR count). The zero-order valence-corrected chi connectivity index (χ0v) is 13.6. The van der Waals surface area contributed by atoms with E-state index in [4.69, 9.17) is 16.7 Å². The number of hydrogen-bond acceptors (Lipinski definition) is 3. The number of ether oxygens (including phenoxy) is 1. The van der Waals surface area contributed by atoms with Crippen LogP contribution < -0.4 is 0 Å². The van der Waals surface area contributed by atoms with Crippen molar-refractivity contribution < 1.29 is 9.53 Å². The van der Waals surface area contributed by atoms with E-state index >= 15 is 0 Å². The number of amides is 1. The van der Waals surface area contributed by atoms with Gasteiger partial charge in [0.25, 0.3) is 0 Å². The fourth-order valence-electron chi connectivity index (χ4n) is 2.25. The second kappa shape index (κ2) is 10.3. The molecule has 6 heteroatoms. The zero-order valence-electron chi connectivity index (χ0n) is 13.6. The first-order chi connectivity index (χ1) is 11.1. The Balaban J connectivity index is 2.75.